The zero-order valence-electron chi connectivity index (χ0n) is 14.9. The lowest BCUT2D eigenvalue weighted by Crippen LogP contribution is -2.21. The Morgan fingerprint density at radius 1 is 1.11 bits per heavy atom. The molecule has 5 nitrogen and oxygen atoms in total. The molecule has 0 fully saturated rings. The van der Waals surface area contributed by atoms with Crippen molar-refractivity contribution in [2.24, 2.45) is 0 Å². The predicted molar refractivity (Wildman–Crippen MR) is 107 cm³/mol. The zero-order valence-corrected chi connectivity index (χ0v) is 16.4. The van der Waals surface area contributed by atoms with Crippen LogP contribution >= 0.6 is 23.4 Å². The fourth-order valence-electron chi connectivity index (χ4n) is 2.17. The van der Waals surface area contributed by atoms with Crippen molar-refractivity contribution in [1.82, 2.24) is 0 Å². The summed E-state index contributed by atoms with van der Waals surface area (Å²) in [4.78, 5) is 36.0. The largest absolute Gasteiger partial charge is 0.456 e. The van der Waals surface area contributed by atoms with Gasteiger partial charge in [0.2, 0.25) is 0 Å². The van der Waals surface area contributed by atoms with E-state index in [0.717, 1.165) is 10.6 Å². The summed E-state index contributed by atoms with van der Waals surface area (Å²) in [6.07, 6.45) is 0.891. The van der Waals surface area contributed by atoms with Crippen LogP contribution in [0.5, 0.6) is 0 Å². The Kier molecular flexibility index (Phi) is 8.36. The van der Waals surface area contributed by atoms with Crippen LogP contribution in [0.4, 0.5) is 5.69 Å². The van der Waals surface area contributed by atoms with Crippen LogP contribution in [0.1, 0.15) is 30.1 Å². The van der Waals surface area contributed by atoms with Crippen molar-refractivity contribution in [3.05, 3.63) is 59.1 Å². The van der Waals surface area contributed by atoms with E-state index in [0.29, 0.717) is 22.7 Å². The second-order valence-electron chi connectivity index (χ2n) is 5.75. The third kappa shape index (κ3) is 7.85. The van der Waals surface area contributed by atoms with Crippen molar-refractivity contribution in [2.75, 3.05) is 17.7 Å². The summed E-state index contributed by atoms with van der Waals surface area (Å²) in [5, 5.41) is 3.29. The fraction of sp³-hybridized carbons (Fsp3) is 0.250. The minimum Gasteiger partial charge on any atom is -0.456 e. The molecule has 0 aliphatic rings. The summed E-state index contributed by atoms with van der Waals surface area (Å²) >= 11 is 7.46. The first-order valence-corrected chi connectivity index (χ1v) is 9.75. The average Bonchev–Trinajstić information content (AvgIpc) is 2.65. The number of esters is 1. The van der Waals surface area contributed by atoms with E-state index in [9.17, 15) is 14.4 Å². The van der Waals surface area contributed by atoms with Gasteiger partial charge < -0.3 is 10.1 Å². The van der Waals surface area contributed by atoms with Gasteiger partial charge in [0, 0.05) is 27.6 Å². The Hall–Kier alpha value is -2.31. The molecular weight excluding hydrogens is 386 g/mol. The Morgan fingerprint density at radius 2 is 1.85 bits per heavy atom. The first-order valence-electron chi connectivity index (χ1n) is 8.39. The fourth-order valence-corrected chi connectivity index (χ4v) is 3.15. The van der Waals surface area contributed by atoms with E-state index >= 15 is 0 Å². The number of carbonyl (C=O) groups excluding carboxylic acids is 3. The van der Waals surface area contributed by atoms with Gasteiger partial charge in [-0.1, -0.05) is 23.7 Å². The smallest absolute Gasteiger partial charge is 0.306 e. The number of halogens is 1. The molecule has 0 heterocycles. The van der Waals surface area contributed by atoms with Gasteiger partial charge in [0.15, 0.2) is 12.4 Å². The van der Waals surface area contributed by atoms with E-state index in [-0.39, 0.29) is 18.8 Å². The minimum absolute atomic E-state index is 0.0889. The number of nitrogens with one attached hydrogen (secondary N) is 1. The highest BCUT2D eigenvalue weighted by Gasteiger charge is 2.09. The lowest BCUT2D eigenvalue weighted by molar-refractivity contribution is -0.147. The Morgan fingerprint density at radius 3 is 2.56 bits per heavy atom. The van der Waals surface area contributed by atoms with E-state index in [1.165, 1.54) is 6.92 Å². The van der Waals surface area contributed by atoms with Crippen LogP contribution in [0.25, 0.3) is 0 Å². The van der Waals surface area contributed by atoms with E-state index in [2.05, 4.69) is 5.32 Å². The first-order chi connectivity index (χ1) is 12.9. The lowest BCUT2D eigenvalue weighted by Gasteiger charge is -2.07. The molecule has 2 aromatic carbocycles. The van der Waals surface area contributed by atoms with Crippen molar-refractivity contribution >= 4 is 46.7 Å². The predicted octanol–water partition coefficient (Wildman–Crippen LogP) is 4.60. The summed E-state index contributed by atoms with van der Waals surface area (Å²) < 4.78 is 4.98. The molecule has 7 heteroatoms. The molecule has 0 aliphatic carbocycles. The quantitative estimate of drug-likeness (QED) is 0.286. The van der Waals surface area contributed by atoms with E-state index < -0.39 is 11.9 Å². The van der Waals surface area contributed by atoms with Crippen molar-refractivity contribution < 1.29 is 19.1 Å². The molecule has 2 rings (SSSR count). The number of anilines is 1. The van der Waals surface area contributed by atoms with Crippen molar-refractivity contribution in [3.63, 3.8) is 0 Å². The maximum absolute atomic E-state index is 11.9. The molecule has 1 N–H and O–H groups in total. The summed E-state index contributed by atoms with van der Waals surface area (Å²) in [5.74, 6) is -0.186. The molecule has 0 aromatic heterocycles. The van der Waals surface area contributed by atoms with Gasteiger partial charge in [-0.15, -0.1) is 11.8 Å². The normalized spacial score (nSPS) is 10.3. The van der Waals surface area contributed by atoms with Crippen molar-refractivity contribution in [1.29, 1.82) is 0 Å². The van der Waals surface area contributed by atoms with Gasteiger partial charge in [-0.05, 0) is 55.5 Å². The molecule has 0 bridgehead atoms. The molecule has 0 saturated carbocycles. The minimum atomic E-state index is -0.445. The lowest BCUT2D eigenvalue weighted by atomic mass is 10.1. The van der Waals surface area contributed by atoms with Crippen LogP contribution in [0.3, 0.4) is 0 Å². The van der Waals surface area contributed by atoms with Gasteiger partial charge in [-0.2, -0.15) is 0 Å². The zero-order chi connectivity index (χ0) is 19.6. The molecule has 2 aromatic rings. The van der Waals surface area contributed by atoms with Crippen molar-refractivity contribution in [3.8, 4) is 0 Å². The number of hydrogen-bond acceptors (Lipinski definition) is 5. The third-order valence-corrected chi connectivity index (χ3v) is 4.87. The van der Waals surface area contributed by atoms with Gasteiger partial charge in [0.05, 0.1) is 0 Å². The van der Waals surface area contributed by atoms with Gasteiger partial charge in [-0.25, -0.2) is 0 Å². The van der Waals surface area contributed by atoms with Crippen LogP contribution in [-0.4, -0.2) is 30.0 Å². The number of carbonyl (C=O) groups is 3. The van der Waals surface area contributed by atoms with Gasteiger partial charge in [0.1, 0.15) is 0 Å². The van der Waals surface area contributed by atoms with Crippen molar-refractivity contribution in [2.45, 2.75) is 24.7 Å². The molecule has 27 heavy (non-hydrogen) atoms. The van der Waals surface area contributed by atoms with Crippen LogP contribution < -0.4 is 5.32 Å². The topological polar surface area (TPSA) is 72.5 Å². The van der Waals surface area contributed by atoms with Gasteiger partial charge in [0.25, 0.3) is 5.91 Å². The summed E-state index contributed by atoms with van der Waals surface area (Å²) in [6.45, 7) is 1.10. The molecule has 0 spiro atoms. The second-order valence-corrected chi connectivity index (χ2v) is 7.36. The average molecular weight is 406 g/mol. The standard InChI is InChI=1S/C20H20ClNO4S/c1-14(23)15-4-2-5-17(12-15)22-19(24)13-26-20(25)6-3-11-27-18-9-7-16(21)8-10-18/h2,4-5,7-10,12H,3,6,11,13H2,1H3,(H,22,24). The molecule has 0 atom stereocenters. The first kappa shape index (κ1) is 21.0. The molecule has 0 unspecified atom stereocenters. The molecule has 1 amide bonds. The summed E-state index contributed by atoms with van der Waals surface area (Å²) in [6, 6.07) is 14.1. The number of thioether (sulfide) groups is 1. The van der Waals surface area contributed by atoms with E-state index in [1.807, 2.05) is 24.3 Å². The number of ether oxygens (including phenoxy) is 1. The molecule has 0 saturated heterocycles. The van der Waals surface area contributed by atoms with Crippen LogP contribution in [0.2, 0.25) is 5.02 Å². The van der Waals surface area contributed by atoms with Gasteiger partial charge in [-0.3, -0.25) is 14.4 Å². The Balaban J connectivity index is 1.64. The molecule has 0 radical (unpaired) electrons. The summed E-state index contributed by atoms with van der Waals surface area (Å²) in [5.41, 5.74) is 0.992. The summed E-state index contributed by atoms with van der Waals surface area (Å²) in [7, 11) is 0. The monoisotopic (exact) mass is 405 g/mol. The molecule has 142 valence electrons. The number of ketones is 1. The molecule has 0 aliphatic heterocycles. The number of rotatable bonds is 9. The SMILES string of the molecule is CC(=O)c1cccc(NC(=O)COC(=O)CCCSc2ccc(Cl)cc2)c1. The van der Waals surface area contributed by atoms with Gasteiger partial charge >= 0.3 is 5.97 Å². The van der Waals surface area contributed by atoms with E-state index in [1.54, 1.807) is 36.0 Å². The number of Topliss-reactive ketones (excluding diaryl/α,β-unsaturated/α-hetero) is 1. The maximum Gasteiger partial charge on any atom is 0.306 e. The van der Waals surface area contributed by atoms with E-state index in [4.69, 9.17) is 16.3 Å². The van der Waals surface area contributed by atoms with Crippen LogP contribution in [0, 0.1) is 0 Å². The van der Waals surface area contributed by atoms with Crippen LogP contribution in [-0.2, 0) is 14.3 Å². The second kappa shape index (κ2) is 10.7. The number of amides is 1. The number of hydrogen-bond donors (Lipinski definition) is 1. The van der Waals surface area contributed by atoms with Crippen LogP contribution in [0.15, 0.2) is 53.4 Å². The highest BCUT2D eigenvalue weighted by Crippen LogP contribution is 2.21. The molecular formula is C20H20ClNO4S. The third-order valence-electron chi connectivity index (χ3n) is 3.52. The Labute approximate surface area is 167 Å². The highest BCUT2D eigenvalue weighted by molar-refractivity contribution is 7.99. The highest BCUT2D eigenvalue weighted by atomic mass is 35.5. The maximum atomic E-state index is 11.9. The number of benzene rings is 2. The Bertz CT molecular complexity index is 808.